The molecule has 0 fully saturated rings. The average Bonchev–Trinajstić information content (AvgIpc) is 2.16. The van der Waals surface area contributed by atoms with Crippen molar-refractivity contribution in [2.75, 3.05) is 5.32 Å². The molecule has 0 saturated heterocycles. The predicted octanol–water partition coefficient (Wildman–Crippen LogP) is 0.719. The molecule has 0 aliphatic rings. The van der Waals surface area contributed by atoms with Crippen LogP contribution >= 0.6 is 11.6 Å². The lowest BCUT2D eigenvalue weighted by atomic mass is 10.2. The zero-order valence-corrected chi connectivity index (χ0v) is 9.15. The normalized spacial score (nSPS) is 11.9. The van der Waals surface area contributed by atoms with Crippen LogP contribution in [0.25, 0.3) is 0 Å². The van der Waals surface area contributed by atoms with Crippen LogP contribution in [0.5, 0.6) is 0 Å². The number of anilines is 1. The number of carboxylic acids is 1. The SMILES string of the molecule is C[C@@H](Nc1cc(Cl)ncc1C(=O)O)C(N)=O. The summed E-state index contributed by atoms with van der Waals surface area (Å²) in [7, 11) is 0. The first-order valence-corrected chi connectivity index (χ1v) is 4.74. The maximum absolute atomic E-state index is 10.8. The number of halogens is 1. The van der Waals surface area contributed by atoms with Gasteiger partial charge in [0.25, 0.3) is 0 Å². The fraction of sp³-hybridized carbons (Fsp3) is 0.222. The van der Waals surface area contributed by atoms with E-state index in [9.17, 15) is 9.59 Å². The Morgan fingerprint density at radius 2 is 2.25 bits per heavy atom. The van der Waals surface area contributed by atoms with E-state index in [1.54, 1.807) is 0 Å². The van der Waals surface area contributed by atoms with Gasteiger partial charge in [-0.1, -0.05) is 11.6 Å². The van der Waals surface area contributed by atoms with Gasteiger partial charge in [0.1, 0.15) is 16.8 Å². The van der Waals surface area contributed by atoms with E-state index in [1.807, 2.05) is 0 Å². The molecule has 1 aromatic heterocycles. The van der Waals surface area contributed by atoms with Gasteiger partial charge >= 0.3 is 5.97 Å². The third-order valence-electron chi connectivity index (χ3n) is 1.90. The Hall–Kier alpha value is -1.82. The average molecular weight is 244 g/mol. The van der Waals surface area contributed by atoms with Crippen molar-refractivity contribution in [2.45, 2.75) is 13.0 Å². The summed E-state index contributed by atoms with van der Waals surface area (Å²) in [5.74, 6) is -1.76. The predicted molar refractivity (Wildman–Crippen MR) is 58.5 cm³/mol. The Morgan fingerprint density at radius 3 is 2.75 bits per heavy atom. The number of aromatic carboxylic acids is 1. The molecule has 86 valence electrons. The van der Waals surface area contributed by atoms with Gasteiger partial charge in [0, 0.05) is 6.20 Å². The highest BCUT2D eigenvalue weighted by molar-refractivity contribution is 6.29. The summed E-state index contributed by atoms with van der Waals surface area (Å²) < 4.78 is 0. The van der Waals surface area contributed by atoms with Crippen LogP contribution in [0.1, 0.15) is 17.3 Å². The third kappa shape index (κ3) is 2.83. The summed E-state index contributed by atoms with van der Waals surface area (Å²) in [6, 6.07) is 0.626. The Kier molecular flexibility index (Phi) is 3.68. The summed E-state index contributed by atoms with van der Waals surface area (Å²) >= 11 is 5.62. The minimum atomic E-state index is -1.16. The summed E-state index contributed by atoms with van der Waals surface area (Å²) in [6.07, 6.45) is 1.11. The lowest BCUT2D eigenvalue weighted by Crippen LogP contribution is -2.33. The van der Waals surface area contributed by atoms with Crippen molar-refractivity contribution in [3.8, 4) is 0 Å². The smallest absolute Gasteiger partial charge is 0.339 e. The van der Waals surface area contributed by atoms with Gasteiger partial charge in [0.05, 0.1) is 5.69 Å². The maximum Gasteiger partial charge on any atom is 0.339 e. The number of aromatic nitrogens is 1. The first-order chi connectivity index (χ1) is 7.41. The Balaban J connectivity index is 3.05. The fourth-order valence-electron chi connectivity index (χ4n) is 1.02. The minimum absolute atomic E-state index is 0.0718. The number of hydrogen-bond donors (Lipinski definition) is 3. The molecule has 16 heavy (non-hydrogen) atoms. The van der Waals surface area contributed by atoms with Gasteiger partial charge in [-0.05, 0) is 13.0 Å². The molecule has 0 aromatic carbocycles. The number of rotatable bonds is 4. The van der Waals surface area contributed by atoms with Gasteiger partial charge in [0.2, 0.25) is 5.91 Å². The third-order valence-corrected chi connectivity index (χ3v) is 2.11. The van der Waals surface area contributed by atoms with Crippen LogP contribution in [0, 0.1) is 0 Å². The van der Waals surface area contributed by atoms with E-state index in [4.69, 9.17) is 22.4 Å². The second-order valence-corrected chi connectivity index (χ2v) is 3.51. The van der Waals surface area contributed by atoms with Crippen molar-refractivity contribution in [1.29, 1.82) is 0 Å². The van der Waals surface area contributed by atoms with E-state index in [2.05, 4.69) is 10.3 Å². The van der Waals surface area contributed by atoms with Crippen molar-refractivity contribution < 1.29 is 14.7 Å². The molecule has 0 radical (unpaired) electrons. The van der Waals surface area contributed by atoms with E-state index < -0.39 is 17.9 Å². The number of carboxylic acid groups (broad SMARTS) is 1. The fourth-order valence-corrected chi connectivity index (χ4v) is 1.18. The molecule has 0 unspecified atom stereocenters. The monoisotopic (exact) mass is 243 g/mol. The number of nitrogens with two attached hydrogens (primary N) is 1. The standard InChI is InChI=1S/C9H10ClN3O3/c1-4(8(11)14)13-6-2-7(10)12-3-5(6)9(15)16/h2-4H,1H3,(H2,11,14)(H,12,13)(H,15,16)/t4-/m1/s1. The zero-order chi connectivity index (χ0) is 12.3. The van der Waals surface area contributed by atoms with Crippen LogP contribution in [0.15, 0.2) is 12.3 Å². The van der Waals surface area contributed by atoms with E-state index in [-0.39, 0.29) is 16.4 Å². The van der Waals surface area contributed by atoms with Crippen LogP contribution < -0.4 is 11.1 Å². The Morgan fingerprint density at radius 1 is 1.62 bits per heavy atom. The summed E-state index contributed by atoms with van der Waals surface area (Å²) in [5.41, 5.74) is 5.19. The molecule has 6 nitrogen and oxygen atoms in total. The van der Waals surface area contributed by atoms with Crippen molar-refractivity contribution in [2.24, 2.45) is 5.73 Å². The van der Waals surface area contributed by atoms with Crippen molar-refractivity contribution in [1.82, 2.24) is 4.98 Å². The van der Waals surface area contributed by atoms with Crippen molar-refractivity contribution in [3.63, 3.8) is 0 Å². The molecule has 0 spiro atoms. The molecule has 1 aromatic rings. The van der Waals surface area contributed by atoms with Gasteiger partial charge in [0.15, 0.2) is 0 Å². The topological polar surface area (TPSA) is 105 Å². The number of nitrogens with one attached hydrogen (secondary N) is 1. The molecule has 1 heterocycles. The largest absolute Gasteiger partial charge is 0.478 e. The Bertz CT molecular complexity index is 436. The second kappa shape index (κ2) is 4.80. The van der Waals surface area contributed by atoms with Gasteiger partial charge < -0.3 is 16.2 Å². The molecule has 0 bridgehead atoms. The molecule has 0 aliphatic carbocycles. The molecule has 1 rings (SSSR count). The number of nitrogens with zero attached hydrogens (tertiary/aromatic N) is 1. The van der Waals surface area contributed by atoms with Gasteiger partial charge in [-0.3, -0.25) is 4.79 Å². The molecule has 0 saturated carbocycles. The molecule has 0 aliphatic heterocycles. The number of carbonyl (C=O) groups is 2. The maximum atomic E-state index is 10.8. The molecule has 4 N–H and O–H groups in total. The van der Waals surface area contributed by atoms with Crippen LogP contribution in [0.4, 0.5) is 5.69 Å². The molecule has 1 amide bonds. The van der Waals surface area contributed by atoms with Gasteiger partial charge in [-0.2, -0.15) is 0 Å². The lowest BCUT2D eigenvalue weighted by molar-refractivity contribution is -0.118. The molecule has 7 heteroatoms. The van der Waals surface area contributed by atoms with Gasteiger partial charge in [-0.15, -0.1) is 0 Å². The number of primary amides is 1. The zero-order valence-electron chi connectivity index (χ0n) is 8.40. The van der Waals surface area contributed by atoms with E-state index in [0.29, 0.717) is 0 Å². The molecule has 1 atom stereocenters. The summed E-state index contributed by atoms with van der Waals surface area (Å²) in [4.78, 5) is 25.3. The van der Waals surface area contributed by atoms with Crippen LogP contribution in [0.2, 0.25) is 5.15 Å². The first-order valence-electron chi connectivity index (χ1n) is 4.36. The quantitative estimate of drug-likeness (QED) is 0.676. The van der Waals surface area contributed by atoms with Crippen molar-refractivity contribution >= 4 is 29.2 Å². The number of carbonyl (C=O) groups excluding carboxylic acids is 1. The van der Waals surface area contributed by atoms with Crippen molar-refractivity contribution in [3.05, 3.63) is 23.0 Å². The van der Waals surface area contributed by atoms with Crippen LogP contribution in [-0.4, -0.2) is 28.0 Å². The second-order valence-electron chi connectivity index (χ2n) is 3.13. The highest BCUT2D eigenvalue weighted by Gasteiger charge is 2.15. The highest BCUT2D eigenvalue weighted by Crippen LogP contribution is 2.19. The van der Waals surface area contributed by atoms with Crippen LogP contribution in [0.3, 0.4) is 0 Å². The highest BCUT2D eigenvalue weighted by atomic mass is 35.5. The number of pyridine rings is 1. The molecular formula is C9H10ClN3O3. The lowest BCUT2D eigenvalue weighted by Gasteiger charge is -2.13. The summed E-state index contributed by atoms with van der Waals surface area (Å²) in [5, 5.41) is 11.6. The first kappa shape index (κ1) is 12.3. The van der Waals surface area contributed by atoms with E-state index >= 15 is 0 Å². The van der Waals surface area contributed by atoms with Crippen LogP contribution in [-0.2, 0) is 4.79 Å². The molecular weight excluding hydrogens is 234 g/mol. The minimum Gasteiger partial charge on any atom is -0.478 e. The van der Waals surface area contributed by atoms with E-state index in [1.165, 1.54) is 13.0 Å². The number of amides is 1. The van der Waals surface area contributed by atoms with E-state index in [0.717, 1.165) is 6.20 Å². The Labute approximate surface area is 96.4 Å². The van der Waals surface area contributed by atoms with Gasteiger partial charge in [-0.25, -0.2) is 9.78 Å². The number of hydrogen-bond acceptors (Lipinski definition) is 4. The summed E-state index contributed by atoms with van der Waals surface area (Å²) in [6.45, 7) is 1.52.